The van der Waals surface area contributed by atoms with E-state index >= 15 is 0 Å². The van der Waals surface area contributed by atoms with Crippen molar-refractivity contribution in [1.29, 1.82) is 0 Å². The Labute approximate surface area is 175 Å². The molecule has 0 aliphatic heterocycles. The summed E-state index contributed by atoms with van der Waals surface area (Å²) in [6.07, 6.45) is 0.364. The summed E-state index contributed by atoms with van der Waals surface area (Å²) in [6, 6.07) is 16.4. The highest BCUT2D eigenvalue weighted by Gasteiger charge is 2.19. The van der Waals surface area contributed by atoms with Crippen molar-refractivity contribution in [1.82, 2.24) is 15.3 Å². The fraction of sp³-hybridized carbons (Fsp3) is 0.250. The van der Waals surface area contributed by atoms with Crippen molar-refractivity contribution >= 4 is 28.1 Å². The van der Waals surface area contributed by atoms with Crippen LogP contribution < -0.4 is 5.32 Å². The summed E-state index contributed by atoms with van der Waals surface area (Å²) in [6.45, 7) is 8.14. The topological polar surface area (TPSA) is 57.8 Å². The number of amides is 1. The summed E-state index contributed by atoms with van der Waals surface area (Å²) in [5, 5.41) is 5.26. The van der Waals surface area contributed by atoms with E-state index in [0.717, 1.165) is 43.3 Å². The zero-order valence-corrected chi connectivity index (χ0v) is 18.0. The molecular weight excluding hydrogens is 378 g/mol. The standard InChI is InChI=1S/C24H25N3OS/c1-14-9-11-18(12-10-14)24-27-17(4)23(29-24)16(3)26-22(28)13-20-15(2)25-21-8-6-5-7-19(20)21/h5-12,16,25H,13H2,1-4H3,(H,26,28)/t16-/m1/s1. The number of hydrogen-bond acceptors (Lipinski definition) is 3. The average molecular weight is 404 g/mol. The van der Waals surface area contributed by atoms with E-state index in [9.17, 15) is 4.79 Å². The molecule has 2 heterocycles. The van der Waals surface area contributed by atoms with Gasteiger partial charge in [-0.2, -0.15) is 0 Å². The molecule has 0 radical (unpaired) electrons. The lowest BCUT2D eigenvalue weighted by molar-refractivity contribution is -0.121. The monoisotopic (exact) mass is 403 g/mol. The van der Waals surface area contributed by atoms with Crippen LogP contribution in [0.2, 0.25) is 0 Å². The maximum absolute atomic E-state index is 12.8. The zero-order chi connectivity index (χ0) is 20.5. The molecule has 148 valence electrons. The van der Waals surface area contributed by atoms with E-state index in [1.54, 1.807) is 11.3 Å². The van der Waals surface area contributed by atoms with Gasteiger partial charge < -0.3 is 10.3 Å². The van der Waals surface area contributed by atoms with E-state index in [0.29, 0.717) is 6.42 Å². The van der Waals surface area contributed by atoms with Gasteiger partial charge in [0.2, 0.25) is 5.91 Å². The number of thiazole rings is 1. The van der Waals surface area contributed by atoms with Crippen molar-refractivity contribution in [2.24, 2.45) is 0 Å². The van der Waals surface area contributed by atoms with E-state index < -0.39 is 0 Å². The van der Waals surface area contributed by atoms with Crippen LogP contribution in [0.25, 0.3) is 21.5 Å². The van der Waals surface area contributed by atoms with Gasteiger partial charge in [-0.1, -0.05) is 48.0 Å². The van der Waals surface area contributed by atoms with Crippen LogP contribution in [0.5, 0.6) is 0 Å². The zero-order valence-electron chi connectivity index (χ0n) is 17.2. The number of aromatic nitrogens is 2. The van der Waals surface area contributed by atoms with Crippen LogP contribution in [0.15, 0.2) is 48.5 Å². The predicted octanol–water partition coefficient (Wildman–Crippen LogP) is 5.64. The normalized spacial score (nSPS) is 12.3. The van der Waals surface area contributed by atoms with Crippen molar-refractivity contribution < 1.29 is 4.79 Å². The molecule has 1 atom stereocenters. The molecule has 0 unspecified atom stereocenters. The van der Waals surface area contributed by atoms with Crippen LogP contribution in [-0.4, -0.2) is 15.9 Å². The number of hydrogen-bond donors (Lipinski definition) is 2. The molecular formula is C24H25N3OS. The number of para-hydroxylation sites is 1. The molecule has 5 heteroatoms. The van der Waals surface area contributed by atoms with Gasteiger partial charge in [0, 0.05) is 22.2 Å². The molecule has 4 rings (SSSR count). The molecule has 2 N–H and O–H groups in total. The number of H-pyrrole nitrogens is 1. The highest BCUT2D eigenvalue weighted by atomic mass is 32.1. The van der Waals surface area contributed by atoms with Crippen LogP contribution in [0, 0.1) is 20.8 Å². The SMILES string of the molecule is Cc1ccc(-c2nc(C)c([C@@H](C)NC(=O)Cc3c(C)[nH]c4ccccc34)s2)cc1. The molecule has 4 nitrogen and oxygen atoms in total. The Morgan fingerprint density at radius 2 is 1.83 bits per heavy atom. The lowest BCUT2D eigenvalue weighted by Gasteiger charge is -2.13. The third kappa shape index (κ3) is 3.96. The second-order valence-corrected chi connectivity index (χ2v) is 8.61. The number of fused-ring (bicyclic) bond motifs is 1. The third-order valence-corrected chi connectivity index (χ3v) is 6.66. The summed E-state index contributed by atoms with van der Waals surface area (Å²) >= 11 is 1.65. The van der Waals surface area contributed by atoms with Gasteiger partial charge >= 0.3 is 0 Å². The number of nitrogens with one attached hydrogen (secondary N) is 2. The summed E-state index contributed by atoms with van der Waals surface area (Å²) in [5.41, 5.74) is 6.50. The van der Waals surface area contributed by atoms with E-state index in [1.165, 1.54) is 5.56 Å². The van der Waals surface area contributed by atoms with Crippen molar-refractivity contribution in [3.05, 3.63) is 75.9 Å². The minimum absolute atomic E-state index is 0.0232. The summed E-state index contributed by atoms with van der Waals surface area (Å²) in [4.78, 5) is 22.0. The lowest BCUT2D eigenvalue weighted by atomic mass is 10.1. The van der Waals surface area contributed by atoms with E-state index in [2.05, 4.69) is 47.6 Å². The van der Waals surface area contributed by atoms with E-state index in [4.69, 9.17) is 4.98 Å². The molecule has 0 aliphatic rings. The van der Waals surface area contributed by atoms with Crippen LogP contribution in [-0.2, 0) is 11.2 Å². The van der Waals surface area contributed by atoms with Crippen molar-refractivity contribution in [3.63, 3.8) is 0 Å². The van der Waals surface area contributed by atoms with Crippen molar-refractivity contribution in [3.8, 4) is 10.6 Å². The first kappa shape index (κ1) is 19.4. The molecule has 29 heavy (non-hydrogen) atoms. The van der Waals surface area contributed by atoms with Gasteiger partial charge in [0.05, 0.1) is 23.0 Å². The Morgan fingerprint density at radius 3 is 2.59 bits per heavy atom. The Morgan fingerprint density at radius 1 is 1.10 bits per heavy atom. The molecule has 4 aromatic rings. The largest absolute Gasteiger partial charge is 0.358 e. The fourth-order valence-electron chi connectivity index (χ4n) is 3.71. The smallest absolute Gasteiger partial charge is 0.225 e. The van der Waals surface area contributed by atoms with Crippen LogP contribution in [0.1, 0.15) is 40.4 Å². The molecule has 2 aromatic carbocycles. The van der Waals surface area contributed by atoms with Crippen LogP contribution >= 0.6 is 11.3 Å². The third-order valence-electron chi connectivity index (χ3n) is 5.27. The van der Waals surface area contributed by atoms with Gasteiger partial charge in [-0.25, -0.2) is 4.98 Å². The van der Waals surface area contributed by atoms with Crippen molar-refractivity contribution in [2.75, 3.05) is 0 Å². The Bertz CT molecular complexity index is 1170. The van der Waals surface area contributed by atoms with Crippen molar-refractivity contribution in [2.45, 2.75) is 40.2 Å². The van der Waals surface area contributed by atoms with Gasteiger partial charge in [0.25, 0.3) is 0 Å². The molecule has 0 fully saturated rings. The fourth-order valence-corrected chi connectivity index (χ4v) is 4.78. The van der Waals surface area contributed by atoms with Gasteiger partial charge in [-0.3, -0.25) is 4.79 Å². The number of aryl methyl sites for hydroxylation is 3. The molecule has 0 saturated heterocycles. The van der Waals surface area contributed by atoms with Gasteiger partial charge in [0.15, 0.2) is 0 Å². The number of aromatic amines is 1. The van der Waals surface area contributed by atoms with E-state index in [-0.39, 0.29) is 11.9 Å². The minimum Gasteiger partial charge on any atom is -0.358 e. The molecule has 0 aliphatic carbocycles. The lowest BCUT2D eigenvalue weighted by Crippen LogP contribution is -2.28. The molecule has 0 saturated carbocycles. The van der Waals surface area contributed by atoms with E-state index in [1.807, 2.05) is 39.0 Å². The minimum atomic E-state index is -0.0790. The first-order chi connectivity index (χ1) is 13.9. The van der Waals surface area contributed by atoms with Gasteiger partial charge in [-0.15, -0.1) is 11.3 Å². The van der Waals surface area contributed by atoms with Crippen LogP contribution in [0.4, 0.5) is 0 Å². The highest BCUT2D eigenvalue weighted by Crippen LogP contribution is 2.32. The van der Waals surface area contributed by atoms with Crippen LogP contribution in [0.3, 0.4) is 0 Å². The van der Waals surface area contributed by atoms with Gasteiger partial charge in [0.1, 0.15) is 5.01 Å². The number of carbonyl (C=O) groups is 1. The first-order valence-corrected chi connectivity index (χ1v) is 10.6. The highest BCUT2D eigenvalue weighted by molar-refractivity contribution is 7.15. The Hall–Kier alpha value is -2.92. The average Bonchev–Trinajstić information content (AvgIpc) is 3.23. The first-order valence-electron chi connectivity index (χ1n) is 9.82. The Balaban J connectivity index is 1.50. The molecule has 1 amide bonds. The Kier molecular flexibility index (Phi) is 5.24. The number of rotatable bonds is 5. The molecule has 0 bridgehead atoms. The summed E-state index contributed by atoms with van der Waals surface area (Å²) in [5.74, 6) is 0.0232. The maximum atomic E-state index is 12.8. The second-order valence-electron chi connectivity index (χ2n) is 7.57. The maximum Gasteiger partial charge on any atom is 0.225 e. The molecule has 0 spiro atoms. The quantitative estimate of drug-likeness (QED) is 0.453. The predicted molar refractivity (Wildman–Crippen MR) is 120 cm³/mol. The summed E-state index contributed by atoms with van der Waals surface area (Å²) in [7, 11) is 0. The number of benzene rings is 2. The molecule has 2 aromatic heterocycles. The number of carbonyl (C=O) groups excluding carboxylic acids is 1. The summed E-state index contributed by atoms with van der Waals surface area (Å²) < 4.78 is 0. The van der Waals surface area contributed by atoms with Gasteiger partial charge in [-0.05, 0) is 39.3 Å². The number of nitrogens with zero attached hydrogens (tertiary/aromatic N) is 1. The second kappa shape index (κ2) is 7.84.